The third kappa shape index (κ3) is 5.92. The topological polar surface area (TPSA) is 92.3 Å². The van der Waals surface area contributed by atoms with E-state index in [-0.39, 0.29) is 23.1 Å². The van der Waals surface area contributed by atoms with E-state index in [0.717, 1.165) is 18.2 Å². The molecule has 0 unspecified atom stereocenters. The highest BCUT2D eigenvalue weighted by Gasteiger charge is 2.11. The van der Waals surface area contributed by atoms with E-state index in [1.807, 2.05) is 13.8 Å². The summed E-state index contributed by atoms with van der Waals surface area (Å²) in [6.07, 6.45) is 2.09. The SMILES string of the molecule is CCCNC(=O)c1ccc(C)c(NC(=O)Cc2ccc(S(C)(=O)=O)cc2)c1. The fourth-order valence-corrected chi connectivity index (χ4v) is 3.10. The molecule has 0 aliphatic carbocycles. The van der Waals surface area contributed by atoms with Gasteiger partial charge in [-0.2, -0.15) is 0 Å². The van der Waals surface area contributed by atoms with E-state index in [1.54, 1.807) is 30.3 Å². The third-order valence-electron chi connectivity index (χ3n) is 4.03. The van der Waals surface area contributed by atoms with Crippen LogP contribution in [0.25, 0.3) is 0 Å². The molecule has 0 heterocycles. The van der Waals surface area contributed by atoms with Crippen LogP contribution in [0.1, 0.15) is 34.8 Å². The number of hydrogen-bond donors (Lipinski definition) is 2. The van der Waals surface area contributed by atoms with Crippen LogP contribution in [0.3, 0.4) is 0 Å². The molecule has 6 nitrogen and oxygen atoms in total. The molecule has 0 bridgehead atoms. The second-order valence-corrected chi connectivity index (χ2v) is 8.44. The maximum absolute atomic E-state index is 12.3. The number of carbonyl (C=O) groups is 2. The van der Waals surface area contributed by atoms with Gasteiger partial charge >= 0.3 is 0 Å². The number of benzene rings is 2. The molecule has 2 aromatic rings. The average molecular weight is 388 g/mol. The number of sulfone groups is 1. The Morgan fingerprint density at radius 3 is 2.30 bits per heavy atom. The first-order valence-corrected chi connectivity index (χ1v) is 10.6. The van der Waals surface area contributed by atoms with Crippen molar-refractivity contribution in [2.24, 2.45) is 0 Å². The summed E-state index contributed by atoms with van der Waals surface area (Å²) in [6.45, 7) is 4.42. The Morgan fingerprint density at radius 1 is 1.04 bits per heavy atom. The minimum Gasteiger partial charge on any atom is -0.352 e. The summed E-state index contributed by atoms with van der Waals surface area (Å²) >= 11 is 0. The zero-order chi connectivity index (χ0) is 20.0. The minimum atomic E-state index is -3.26. The third-order valence-corrected chi connectivity index (χ3v) is 5.15. The van der Waals surface area contributed by atoms with Crippen LogP contribution < -0.4 is 10.6 Å². The number of anilines is 1. The van der Waals surface area contributed by atoms with Crippen molar-refractivity contribution in [3.8, 4) is 0 Å². The van der Waals surface area contributed by atoms with Gasteiger partial charge in [-0.25, -0.2) is 8.42 Å². The molecule has 0 atom stereocenters. The summed E-state index contributed by atoms with van der Waals surface area (Å²) in [5, 5.41) is 5.62. The van der Waals surface area contributed by atoms with Gasteiger partial charge in [0.2, 0.25) is 5.91 Å². The molecular weight excluding hydrogens is 364 g/mol. The molecule has 144 valence electrons. The van der Waals surface area contributed by atoms with E-state index in [2.05, 4.69) is 10.6 Å². The zero-order valence-corrected chi connectivity index (χ0v) is 16.5. The zero-order valence-electron chi connectivity index (χ0n) is 15.7. The van der Waals surface area contributed by atoms with Crippen molar-refractivity contribution in [1.82, 2.24) is 5.32 Å². The number of nitrogens with one attached hydrogen (secondary N) is 2. The van der Waals surface area contributed by atoms with Crippen LogP contribution in [0, 0.1) is 6.92 Å². The van der Waals surface area contributed by atoms with Gasteiger partial charge in [0.05, 0.1) is 11.3 Å². The normalized spacial score (nSPS) is 11.1. The summed E-state index contributed by atoms with van der Waals surface area (Å²) < 4.78 is 23.0. The standard InChI is InChI=1S/C20H24N2O4S/c1-4-11-21-20(24)16-8-5-14(2)18(13-16)22-19(23)12-15-6-9-17(10-7-15)27(3,25)26/h5-10,13H,4,11-12H2,1-3H3,(H,21,24)(H,22,23). The quantitative estimate of drug-likeness (QED) is 0.763. The lowest BCUT2D eigenvalue weighted by atomic mass is 10.1. The molecule has 2 rings (SSSR count). The predicted octanol–water partition coefficient (Wildman–Crippen LogP) is 2.72. The maximum Gasteiger partial charge on any atom is 0.251 e. The van der Waals surface area contributed by atoms with E-state index in [9.17, 15) is 18.0 Å². The molecule has 0 radical (unpaired) electrons. The smallest absolute Gasteiger partial charge is 0.251 e. The van der Waals surface area contributed by atoms with Gasteiger partial charge in [-0.3, -0.25) is 9.59 Å². The Bertz CT molecular complexity index is 935. The molecule has 2 amide bonds. The van der Waals surface area contributed by atoms with Gasteiger partial charge in [0, 0.05) is 24.1 Å². The van der Waals surface area contributed by atoms with Crippen molar-refractivity contribution in [1.29, 1.82) is 0 Å². The van der Waals surface area contributed by atoms with E-state index < -0.39 is 9.84 Å². The summed E-state index contributed by atoms with van der Waals surface area (Å²) in [5.41, 5.74) is 2.62. The summed E-state index contributed by atoms with van der Waals surface area (Å²) in [4.78, 5) is 24.6. The van der Waals surface area contributed by atoms with Gasteiger partial charge in [-0.05, 0) is 48.7 Å². The second-order valence-electron chi connectivity index (χ2n) is 6.43. The molecule has 0 fully saturated rings. The van der Waals surface area contributed by atoms with Crippen molar-refractivity contribution in [3.63, 3.8) is 0 Å². The van der Waals surface area contributed by atoms with Crippen LogP contribution in [-0.2, 0) is 21.1 Å². The first kappa shape index (κ1) is 20.6. The van der Waals surface area contributed by atoms with E-state index in [0.29, 0.717) is 23.4 Å². The molecular formula is C20H24N2O4S. The fourth-order valence-electron chi connectivity index (χ4n) is 2.47. The van der Waals surface area contributed by atoms with Crippen molar-refractivity contribution >= 4 is 27.3 Å². The summed E-state index contributed by atoms with van der Waals surface area (Å²) in [6, 6.07) is 11.4. The highest BCUT2D eigenvalue weighted by Crippen LogP contribution is 2.18. The number of carbonyl (C=O) groups excluding carboxylic acids is 2. The molecule has 7 heteroatoms. The maximum atomic E-state index is 12.3. The van der Waals surface area contributed by atoms with E-state index in [1.165, 1.54) is 12.1 Å². The second kappa shape index (κ2) is 8.81. The van der Waals surface area contributed by atoms with Crippen molar-refractivity contribution in [2.45, 2.75) is 31.6 Å². The Morgan fingerprint density at radius 2 is 1.70 bits per heavy atom. The Kier molecular flexibility index (Phi) is 6.74. The highest BCUT2D eigenvalue weighted by atomic mass is 32.2. The molecule has 0 saturated heterocycles. The number of hydrogen-bond acceptors (Lipinski definition) is 4. The molecule has 0 spiro atoms. The molecule has 27 heavy (non-hydrogen) atoms. The molecule has 2 N–H and O–H groups in total. The van der Waals surface area contributed by atoms with Crippen molar-refractivity contribution in [3.05, 3.63) is 59.2 Å². The number of amides is 2. The largest absolute Gasteiger partial charge is 0.352 e. The molecule has 2 aromatic carbocycles. The Hall–Kier alpha value is -2.67. The van der Waals surface area contributed by atoms with Crippen LogP contribution in [0.5, 0.6) is 0 Å². The Balaban J connectivity index is 2.08. The van der Waals surface area contributed by atoms with Gasteiger partial charge in [-0.15, -0.1) is 0 Å². The highest BCUT2D eigenvalue weighted by molar-refractivity contribution is 7.90. The summed E-state index contributed by atoms with van der Waals surface area (Å²) in [5.74, 6) is -0.417. The summed E-state index contributed by atoms with van der Waals surface area (Å²) in [7, 11) is -3.26. The van der Waals surface area contributed by atoms with Crippen LogP contribution in [-0.4, -0.2) is 33.0 Å². The van der Waals surface area contributed by atoms with Gasteiger partial charge in [0.15, 0.2) is 9.84 Å². The first-order chi connectivity index (χ1) is 12.7. The average Bonchev–Trinajstić information content (AvgIpc) is 2.61. The molecule has 0 saturated carbocycles. The first-order valence-electron chi connectivity index (χ1n) is 8.68. The van der Waals surface area contributed by atoms with Gasteiger partial charge in [-0.1, -0.05) is 25.1 Å². The molecule has 0 aliphatic rings. The predicted molar refractivity (Wildman–Crippen MR) is 106 cm³/mol. The monoisotopic (exact) mass is 388 g/mol. The lowest BCUT2D eigenvalue weighted by Crippen LogP contribution is -2.24. The molecule has 0 aliphatic heterocycles. The van der Waals surface area contributed by atoms with Crippen LogP contribution in [0.15, 0.2) is 47.4 Å². The van der Waals surface area contributed by atoms with Crippen molar-refractivity contribution in [2.75, 3.05) is 18.1 Å². The van der Waals surface area contributed by atoms with Gasteiger partial charge in [0.1, 0.15) is 0 Å². The van der Waals surface area contributed by atoms with E-state index >= 15 is 0 Å². The van der Waals surface area contributed by atoms with Crippen LogP contribution in [0.2, 0.25) is 0 Å². The lowest BCUT2D eigenvalue weighted by Gasteiger charge is -2.11. The molecule has 0 aromatic heterocycles. The van der Waals surface area contributed by atoms with Gasteiger partial charge < -0.3 is 10.6 Å². The number of rotatable bonds is 7. The van der Waals surface area contributed by atoms with Gasteiger partial charge in [0.25, 0.3) is 5.91 Å². The van der Waals surface area contributed by atoms with Crippen LogP contribution in [0.4, 0.5) is 5.69 Å². The fraction of sp³-hybridized carbons (Fsp3) is 0.300. The van der Waals surface area contributed by atoms with Crippen molar-refractivity contribution < 1.29 is 18.0 Å². The Labute approximate surface area is 159 Å². The lowest BCUT2D eigenvalue weighted by molar-refractivity contribution is -0.115. The number of aryl methyl sites for hydroxylation is 1. The minimum absolute atomic E-state index is 0.107. The van der Waals surface area contributed by atoms with E-state index in [4.69, 9.17) is 0 Å². The van der Waals surface area contributed by atoms with Crippen LogP contribution >= 0.6 is 0 Å².